The first-order valence-corrected chi connectivity index (χ1v) is 7.09. The SMILES string of the molecule is O=S(/C=C/c1ccc2no[n+]([O-])c2c1)c1ccccc1. The van der Waals surface area contributed by atoms with Crippen molar-refractivity contribution in [3.63, 3.8) is 0 Å². The molecule has 1 aromatic heterocycles. The lowest BCUT2D eigenvalue weighted by molar-refractivity contribution is -0.782. The van der Waals surface area contributed by atoms with E-state index in [2.05, 4.69) is 9.79 Å². The number of rotatable bonds is 3. The van der Waals surface area contributed by atoms with Gasteiger partial charge in [-0.2, -0.15) is 0 Å². The highest BCUT2D eigenvalue weighted by atomic mass is 32.2. The number of hydrogen-bond donors (Lipinski definition) is 0. The second-order valence-electron chi connectivity index (χ2n) is 4.09. The lowest BCUT2D eigenvalue weighted by atomic mass is 10.2. The Morgan fingerprint density at radius 1 is 1.20 bits per heavy atom. The topological polar surface area (TPSA) is 70.0 Å². The molecule has 0 saturated heterocycles. The average molecular weight is 286 g/mol. The molecule has 0 saturated carbocycles. The molecule has 0 N–H and O–H groups in total. The van der Waals surface area contributed by atoms with Gasteiger partial charge in [0.25, 0.3) is 0 Å². The van der Waals surface area contributed by atoms with Gasteiger partial charge in [-0.15, -0.1) is 0 Å². The van der Waals surface area contributed by atoms with Gasteiger partial charge in [-0.3, -0.25) is 4.63 Å². The van der Waals surface area contributed by atoms with E-state index in [0.717, 1.165) is 10.5 Å². The van der Waals surface area contributed by atoms with Crippen LogP contribution in [0.25, 0.3) is 17.1 Å². The molecule has 0 bridgehead atoms. The molecule has 0 fully saturated rings. The van der Waals surface area contributed by atoms with Crippen LogP contribution in [0.2, 0.25) is 0 Å². The van der Waals surface area contributed by atoms with Crippen LogP contribution in [0.15, 0.2) is 63.5 Å². The van der Waals surface area contributed by atoms with Crippen LogP contribution in [0.5, 0.6) is 0 Å². The number of benzene rings is 2. The van der Waals surface area contributed by atoms with Gasteiger partial charge >= 0.3 is 0 Å². The monoisotopic (exact) mass is 286 g/mol. The third-order valence-corrected chi connectivity index (χ3v) is 3.89. The zero-order chi connectivity index (χ0) is 13.9. The van der Waals surface area contributed by atoms with E-state index in [1.165, 1.54) is 0 Å². The smallest absolute Gasteiger partial charge is 0.248 e. The summed E-state index contributed by atoms with van der Waals surface area (Å²) in [6.07, 6.45) is 1.70. The van der Waals surface area contributed by atoms with Gasteiger partial charge in [-0.05, 0) is 34.7 Å². The number of aromatic nitrogens is 2. The minimum Gasteiger partial charge on any atom is -0.359 e. The first kappa shape index (κ1) is 12.6. The Labute approximate surface area is 117 Å². The molecule has 3 aromatic rings. The Balaban J connectivity index is 1.87. The van der Waals surface area contributed by atoms with Crippen LogP contribution in [0.1, 0.15) is 5.56 Å². The minimum absolute atomic E-state index is 0.345. The summed E-state index contributed by atoms with van der Waals surface area (Å²) in [5.74, 6) is 0. The van der Waals surface area contributed by atoms with Crippen LogP contribution >= 0.6 is 0 Å². The Kier molecular flexibility index (Phi) is 3.30. The predicted octanol–water partition coefficient (Wildman–Crippen LogP) is 2.24. The van der Waals surface area contributed by atoms with Crippen molar-refractivity contribution in [3.05, 3.63) is 64.7 Å². The fourth-order valence-corrected chi connectivity index (χ4v) is 2.63. The lowest BCUT2D eigenvalue weighted by Crippen LogP contribution is -2.22. The van der Waals surface area contributed by atoms with E-state index in [1.807, 2.05) is 18.2 Å². The molecule has 1 heterocycles. The molecular formula is C14H10N2O3S. The van der Waals surface area contributed by atoms with E-state index in [1.54, 1.807) is 41.8 Å². The van der Waals surface area contributed by atoms with E-state index in [0.29, 0.717) is 15.9 Å². The summed E-state index contributed by atoms with van der Waals surface area (Å²) in [5, 5.41) is 16.5. The van der Waals surface area contributed by atoms with Gasteiger partial charge in [0.1, 0.15) is 0 Å². The lowest BCUT2D eigenvalue weighted by Gasteiger charge is -1.95. The fourth-order valence-electron chi connectivity index (χ4n) is 1.77. The summed E-state index contributed by atoms with van der Waals surface area (Å²) in [4.78, 5) is 1.08. The van der Waals surface area contributed by atoms with Crippen molar-refractivity contribution in [2.75, 3.05) is 0 Å². The standard InChI is InChI=1S/C14H10N2O3S/c17-16-14-10-11(6-7-13(14)15-19-16)8-9-20(18)12-4-2-1-3-5-12/h1-10H/b9-8+. The maximum absolute atomic E-state index is 12.0. The maximum Gasteiger partial charge on any atom is 0.248 e. The molecule has 0 aliphatic carbocycles. The number of nitrogens with zero attached hydrogens (tertiary/aromatic N) is 2. The van der Waals surface area contributed by atoms with Crippen LogP contribution in [0, 0.1) is 5.21 Å². The van der Waals surface area contributed by atoms with Crippen molar-refractivity contribution in [2.24, 2.45) is 0 Å². The second kappa shape index (κ2) is 5.26. The van der Waals surface area contributed by atoms with E-state index in [-0.39, 0.29) is 0 Å². The van der Waals surface area contributed by atoms with Gasteiger partial charge in [0.05, 0.1) is 10.8 Å². The van der Waals surface area contributed by atoms with Gasteiger partial charge in [0, 0.05) is 21.5 Å². The van der Waals surface area contributed by atoms with Gasteiger partial charge in [0.15, 0.2) is 0 Å². The van der Waals surface area contributed by atoms with Crippen LogP contribution < -0.4 is 4.90 Å². The Morgan fingerprint density at radius 2 is 2.00 bits per heavy atom. The van der Waals surface area contributed by atoms with Gasteiger partial charge in [0.2, 0.25) is 11.0 Å². The zero-order valence-electron chi connectivity index (χ0n) is 10.3. The molecule has 0 aliphatic rings. The molecule has 0 amide bonds. The van der Waals surface area contributed by atoms with Gasteiger partial charge in [-0.1, -0.05) is 24.3 Å². The van der Waals surface area contributed by atoms with Crippen LogP contribution in [-0.4, -0.2) is 9.37 Å². The molecule has 2 aromatic carbocycles. The van der Waals surface area contributed by atoms with Crippen LogP contribution in [0.3, 0.4) is 0 Å². The first-order chi connectivity index (χ1) is 9.74. The average Bonchev–Trinajstić information content (AvgIpc) is 2.87. The molecule has 0 aliphatic heterocycles. The molecule has 1 unspecified atom stereocenters. The highest BCUT2D eigenvalue weighted by Gasteiger charge is 2.08. The Morgan fingerprint density at radius 3 is 2.80 bits per heavy atom. The molecule has 5 nitrogen and oxygen atoms in total. The Hall–Kier alpha value is -2.47. The van der Waals surface area contributed by atoms with Gasteiger partial charge in [-0.25, -0.2) is 4.21 Å². The van der Waals surface area contributed by atoms with Crippen LogP contribution in [0.4, 0.5) is 0 Å². The molecule has 6 heteroatoms. The summed E-state index contributed by atoms with van der Waals surface area (Å²) >= 11 is 0. The van der Waals surface area contributed by atoms with Crippen molar-refractivity contribution in [3.8, 4) is 0 Å². The molecule has 20 heavy (non-hydrogen) atoms. The van der Waals surface area contributed by atoms with Crippen molar-refractivity contribution in [1.29, 1.82) is 0 Å². The molecule has 1 atom stereocenters. The predicted molar refractivity (Wildman–Crippen MR) is 74.9 cm³/mol. The molecule has 3 rings (SSSR count). The molecule has 0 radical (unpaired) electrons. The molecular weight excluding hydrogens is 276 g/mol. The third-order valence-electron chi connectivity index (χ3n) is 2.77. The highest BCUT2D eigenvalue weighted by Crippen LogP contribution is 2.13. The van der Waals surface area contributed by atoms with Crippen molar-refractivity contribution in [1.82, 2.24) is 5.16 Å². The molecule has 100 valence electrons. The summed E-state index contributed by atoms with van der Waals surface area (Å²) < 4.78 is 16.5. The van der Waals surface area contributed by atoms with E-state index < -0.39 is 10.8 Å². The first-order valence-electron chi connectivity index (χ1n) is 5.87. The summed E-state index contributed by atoms with van der Waals surface area (Å²) in [7, 11) is -1.22. The quantitative estimate of drug-likeness (QED) is 0.692. The van der Waals surface area contributed by atoms with Gasteiger partial charge < -0.3 is 5.21 Å². The highest BCUT2D eigenvalue weighted by molar-refractivity contribution is 7.88. The maximum atomic E-state index is 12.0. The van der Waals surface area contributed by atoms with E-state index >= 15 is 0 Å². The van der Waals surface area contributed by atoms with Crippen molar-refractivity contribution < 1.29 is 13.7 Å². The fraction of sp³-hybridized carbons (Fsp3) is 0. The Bertz CT molecular complexity index is 797. The normalized spacial score (nSPS) is 13.0. The molecule has 0 spiro atoms. The van der Waals surface area contributed by atoms with Crippen molar-refractivity contribution in [2.45, 2.75) is 4.90 Å². The van der Waals surface area contributed by atoms with E-state index in [9.17, 15) is 9.42 Å². The third kappa shape index (κ3) is 2.46. The summed E-state index contributed by atoms with van der Waals surface area (Å²) in [6.45, 7) is 0. The van der Waals surface area contributed by atoms with E-state index in [4.69, 9.17) is 0 Å². The summed E-state index contributed by atoms with van der Waals surface area (Å²) in [6, 6.07) is 14.2. The number of hydrogen-bond acceptors (Lipinski definition) is 4. The minimum atomic E-state index is -1.22. The second-order valence-corrected chi connectivity index (χ2v) is 5.43. The largest absolute Gasteiger partial charge is 0.359 e. The van der Waals surface area contributed by atoms with Crippen molar-refractivity contribution >= 4 is 27.9 Å². The summed E-state index contributed by atoms with van der Waals surface area (Å²) in [5.41, 5.74) is 1.59. The van der Waals surface area contributed by atoms with Crippen LogP contribution in [-0.2, 0) is 10.8 Å². The number of fused-ring (bicyclic) bond motifs is 1. The zero-order valence-corrected chi connectivity index (χ0v) is 11.1.